The van der Waals surface area contributed by atoms with Crippen molar-refractivity contribution in [2.24, 2.45) is 0 Å². The van der Waals surface area contributed by atoms with Crippen LogP contribution in [-0.2, 0) is 10.1 Å². The van der Waals surface area contributed by atoms with Crippen LogP contribution in [0.4, 0.5) is 10.1 Å². The number of hydrogen-bond donors (Lipinski definition) is 0. The quantitative estimate of drug-likeness (QED) is 0.250. The normalized spacial score (nSPS) is 10.5. The molecular weight excluding hydrogens is 240 g/mol. The van der Waals surface area contributed by atoms with Crippen LogP contribution >= 0.6 is 0 Å². The van der Waals surface area contributed by atoms with Gasteiger partial charge in [0.25, 0.3) is 5.69 Å². The predicted octanol–water partition coefficient (Wildman–Crippen LogP) is -2.36. The summed E-state index contributed by atoms with van der Waals surface area (Å²) in [5, 5.41) is 10.3. The van der Waals surface area contributed by atoms with Crippen molar-refractivity contribution in [1.82, 2.24) is 0 Å². The van der Waals surface area contributed by atoms with Gasteiger partial charge in [-0.05, 0) is 12.1 Å². The first-order chi connectivity index (χ1) is 6.32. The minimum atomic E-state index is -4.95. The molecule has 0 heterocycles. The van der Waals surface area contributed by atoms with Gasteiger partial charge >= 0.3 is 29.6 Å². The monoisotopic (exact) mass is 243 g/mol. The zero-order chi connectivity index (χ0) is 10.9. The molecule has 0 aliphatic rings. The molecule has 0 saturated carbocycles. The first-order valence-electron chi connectivity index (χ1n) is 3.22. The van der Waals surface area contributed by atoms with Gasteiger partial charge in [-0.1, -0.05) is 0 Å². The molecular formula is C6H3FNNaO5S. The van der Waals surface area contributed by atoms with Gasteiger partial charge in [-0.25, -0.2) is 12.8 Å². The van der Waals surface area contributed by atoms with E-state index in [1.807, 2.05) is 0 Å². The molecule has 0 aromatic heterocycles. The second kappa shape index (κ2) is 4.99. The topological polar surface area (TPSA) is 100 Å². The van der Waals surface area contributed by atoms with E-state index in [1.54, 1.807) is 0 Å². The maximum Gasteiger partial charge on any atom is 1.00 e. The molecule has 1 aromatic rings. The number of benzene rings is 1. The summed E-state index contributed by atoms with van der Waals surface area (Å²) in [5.74, 6) is -0.982. The smallest absolute Gasteiger partial charge is 0.744 e. The van der Waals surface area contributed by atoms with Crippen LogP contribution in [0.2, 0.25) is 0 Å². The summed E-state index contributed by atoms with van der Waals surface area (Å²) in [6, 6.07) is 1.61. The summed E-state index contributed by atoms with van der Waals surface area (Å²) in [7, 11) is -4.95. The molecule has 9 heteroatoms. The summed E-state index contributed by atoms with van der Waals surface area (Å²) < 4.78 is 44.0. The van der Waals surface area contributed by atoms with Gasteiger partial charge in [0.05, 0.1) is 11.0 Å². The van der Waals surface area contributed by atoms with E-state index >= 15 is 0 Å². The largest absolute Gasteiger partial charge is 1.00 e. The first-order valence-corrected chi connectivity index (χ1v) is 4.63. The van der Waals surface area contributed by atoms with Crippen LogP contribution in [0.3, 0.4) is 0 Å². The maximum atomic E-state index is 12.5. The maximum absolute atomic E-state index is 12.5. The second-order valence-corrected chi connectivity index (χ2v) is 3.67. The van der Waals surface area contributed by atoms with E-state index in [9.17, 15) is 27.5 Å². The molecule has 15 heavy (non-hydrogen) atoms. The molecule has 0 radical (unpaired) electrons. The zero-order valence-corrected chi connectivity index (χ0v) is 10.3. The molecule has 0 saturated heterocycles. The van der Waals surface area contributed by atoms with Gasteiger partial charge < -0.3 is 4.55 Å². The van der Waals surface area contributed by atoms with Gasteiger partial charge in [-0.2, -0.15) is 0 Å². The molecule has 0 spiro atoms. The van der Waals surface area contributed by atoms with Crippen LogP contribution in [0.25, 0.3) is 0 Å². The Bertz CT molecular complexity index is 488. The predicted molar refractivity (Wildman–Crippen MR) is 41.0 cm³/mol. The van der Waals surface area contributed by atoms with E-state index in [0.29, 0.717) is 18.2 Å². The van der Waals surface area contributed by atoms with Crippen molar-refractivity contribution in [3.8, 4) is 0 Å². The molecule has 0 aliphatic heterocycles. The van der Waals surface area contributed by atoms with Crippen LogP contribution in [0.1, 0.15) is 0 Å². The Balaban J connectivity index is 0.00000196. The summed E-state index contributed by atoms with van der Waals surface area (Å²) in [6.45, 7) is 0. The average Bonchev–Trinajstić information content (AvgIpc) is 2.01. The van der Waals surface area contributed by atoms with Crippen molar-refractivity contribution in [2.75, 3.05) is 0 Å². The number of nitrogens with zero attached hydrogens (tertiary/aromatic N) is 1. The van der Waals surface area contributed by atoms with Gasteiger partial charge in [0, 0.05) is 0 Å². The zero-order valence-electron chi connectivity index (χ0n) is 7.51. The minimum Gasteiger partial charge on any atom is -0.744 e. The number of nitro benzene ring substituents is 1. The Kier molecular flexibility index (Phi) is 4.81. The molecule has 0 atom stereocenters. The number of halogens is 1. The van der Waals surface area contributed by atoms with Gasteiger partial charge in [0.1, 0.15) is 20.8 Å². The number of hydrogen-bond acceptors (Lipinski definition) is 5. The van der Waals surface area contributed by atoms with Crippen LogP contribution in [-0.4, -0.2) is 17.9 Å². The molecule has 0 unspecified atom stereocenters. The van der Waals surface area contributed by atoms with Crippen molar-refractivity contribution in [3.05, 3.63) is 34.1 Å². The minimum absolute atomic E-state index is 0. The van der Waals surface area contributed by atoms with Gasteiger partial charge in [-0.15, -0.1) is 0 Å². The van der Waals surface area contributed by atoms with Crippen molar-refractivity contribution in [2.45, 2.75) is 4.90 Å². The Hall–Kier alpha value is -0.540. The number of nitro groups is 1. The van der Waals surface area contributed by atoms with E-state index in [1.165, 1.54) is 0 Å². The van der Waals surface area contributed by atoms with Crippen molar-refractivity contribution < 1.29 is 51.8 Å². The summed E-state index contributed by atoms with van der Waals surface area (Å²) >= 11 is 0. The second-order valence-electron chi connectivity index (χ2n) is 2.32. The SMILES string of the molecule is O=[N+]([O-])c1cc(F)ccc1S(=O)(=O)[O-].[Na+]. The fourth-order valence-corrected chi connectivity index (χ4v) is 1.47. The molecule has 6 nitrogen and oxygen atoms in total. The van der Waals surface area contributed by atoms with Gasteiger partial charge in [-0.3, -0.25) is 10.1 Å². The van der Waals surface area contributed by atoms with E-state index in [0.717, 1.165) is 0 Å². The molecule has 0 N–H and O–H groups in total. The summed E-state index contributed by atoms with van der Waals surface area (Å²) in [6.07, 6.45) is 0. The Morgan fingerprint density at radius 3 is 2.27 bits per heavy atom. The molecule has 76 valence electrons. The Morgan fingerprint density at radius 2 is 1.87 bits per heavy atom. The first kappa shape index (κ1) is 14.5. The number of rotatable bonds is 2. The molecule has 0 aliphatic carbocycles. The summed E-state index contributed by atoms with van der Waals surface area (Å²) in [4.78, 5) is 8.09. The van der Waals surface area contributed by atoms with E-state index in [-0.39, 0.29) is 29.6 Å². The molecule has 1 rings (SSSR count). The third-order valence-electron chi connectivity index (χ3n) is 1.39. The van der Waals surface area contributed by atoms with E-state index in [2.05, 4.69) is 0 Å². The van der Waals surface area contributed by atoms with Crippen molar-refractivity contribution >= 4 is 15.8 Å². The van der Waals surface area contributed by atoms with Crippen LogP contribution in [0.15, 0.2) is 23.1 Å². The summed E-state index contributed by atoms with van der Waals surface area (Å²) in [5.41, 5.74) is -1.06. The molecule has 0 fully saturated rings. The van der Waals surface area contributed by atoms with E-state index in [4.69, 9.17) is 0 Å². The standard InChI is InChI=1S/C6H4FNO5S.Na/c7-4-1-2-6(14(11,12)13)5(3-4)8(9)10;/h1-3H,(H,11,12,13);/q;+1/p-1. The third-order valence-corrected chi connectivity index (χ3v) is 2.27. The Labute approximate surface area is 106 Å². The van der Waals surface area contributed by atoms with Crippen molar-refractivity contribution in [3.63, 3.8) is 0 Å². The van der Waals surface area contributed by atoms with Crippen molar-refractivity contribution in [1.29, 1.82) is 0 Å². The molecule has 1 aromatic carbocycles. The molecule has 0 amide bonds. The van der Waals surface area contributed by atoms with Crippen LogP contribution in [0.5, 0.6) is 0 Å². The van der Waals surface area contributed by atoms with Crippen LogP contribution < -0.4 is 29.6 Å². The molecule has 0 bridgehead atoms. The average molecular weight is 243 g/mol. The Morgan fingerprint density at radius 1 is 1.33 bits per heavy atom. The van der Waals surface area contributed by atoms with E-state index < -0.39 is 31.4 Å². The third kappa shape index (κ3) is 3.50. The fourth-order valence-electron chi connectivity index (χ4n) is 0.845. The van der Waals surface area contributed by atoms with Gasteiger partial charge in [0.2, 0.25) is 0 Å². The van der Waals surface area contributed by atoms with Crippen LogP contribution in [0, 0.1) is 15.9 Å². The fraction of sp³-hybridized carbons (Fsp3) is 0. The van der Waals surface area contributed by atoms with Gasteiger partial charge in [0.15, 0.2) is 0 Å².